The molecule has 0 aliphatic carbocycles. The van der Waals surface area contributed by atoms with Gasteiger partial charge < -0.3 is 5.32 Å². The van der Waals surface area contributed by atoms with E-state index in [0.717, 1.165) is 13.0 Å². The molecular formula is C15H24IN. The van der Waals surface area contributed by atoms with Gasteiger partial charge in [0.25, 0.3) is 0 Å². The largest absolute Gasteiger partial charge is 0.314 e. The Morgan fingerprint density at radius 2 is 1.82 bits per heavy atom. The van der Waals surface area contributed by atoms with Crippen LogP contribution in [0.1, 0.15) is 39.7 Å². The van der Waals surface area contributed by atoms with Crippen molar-refractivity contribution >= 4 is 22.6 Å². The quantitative estimate of drug-likeness (QED) is 0.760. The minimum atomic E-state index is 0.358. The van der Waals surface area contributed by atoms with Crippen molar-refractivity contribution in [2.75, 3.05) is 6.54 Å². The molecular weight excluding hydrogens is 321 g/mol. The van der Waals surface area contributed by atoms with Crippen LogP contribution in [0.3, 0.4) is 0 Å². The van der Waals surface area contributed by atoms with Crippen LogP contribution in [0.15, 0.2) is 24.3 Å². The highest BCUT2D eigenvalue weighted by atomic mass is 127. The predicted octanol–water partition coefficient (Wildman–Crippen LogP) is 4.25. The van der Waals surface area contributed by atoms with Crippen LogP contribution in [-0.2, 0) is 6.42 Å². The van der Waals surface area contributed by atoms with E-state index in [0.29, 0.717) is 11.5 Å². The molecule has 0 saturated carbocycles. The monoisotopic (exact) mass is 345 g/mol. The van der Waals surface area contributed by atoms with Crippen LogP contribution < -0.4 is 5.32 Å². The average Bonchev–Trinajstić information content (AvgIpc) is 2.30. The lowest BCUT2D eigenvalue weighted by Crippen LogP contribution is -2.36. The summed E-state index contributed by atoms with van der Waals surface area (Å²) in [6, 6.07) is 9.47. The first kappa shape index (κ1) is 15.0. The van der Waals surface area contributed by atoms with Gasteiger partial charge in [-0.15, -0.1) is 0 Å². The Balaban J connectivity index is 2.64. The summed E-state index contributed by atoms with van der Waals surface area (Å²) >= 11 is 2.36. The van der Waals surface area contributed by atoms with Crippen molar-refractivity contribution in [3.8, 4) is 0 Å². The van der Waals surface area contributed by atoms with Gasteiger partial charge in [-0.05, 0) is 58.5 Å². The van der Waals surface area contributed by atoms with Gasteiger partial charge in [-0.25, -0.2) is 0 Å². The van der Waals surface area contributed by atoms with E-state index < -0.39 is 0 Å². The summed E-state index contributed by atoms with van der Waals surface area (Å²) in [5, 5.41) is 3.57. The first-order valence-corrected chi connectivity index (χ1v) is 7.51. The van der Waals surface area contributed by atoms with E-state index in [-0.39, 0.29) is 0 Å². The highest BCUT2D eigenvalue weighted by molar-refractivity contribution is 14.1. The molecule has 2 heteroatoms. The highest BCUT2D eigenvalue weighted by Crippen LogP contribution is 2.26. The molecule has 1 unspecified atom stereocenters. The molecule has 0 saturated heterocycles. The first-order chi connectivity index (χ1) is 7.95. The molecule has 1 aromatic carbocycles. The fourth-order valence-electron chi connectivity index (χ4n) is 1.86. The van der Waals surface area contributed by atoms with Crippen molar-refractivity contribution < 1.29 is 0 Å². The molecule has 0 heterocycles. The van der Waals surface area contributed by atoms with E-state index in [2.05, 4.69) is 79.9 Å². The molecule has 1 aromatic rings. The summed E-state index contributed by atoms with van der Waals surface area (Å²) in [7, 11) is 0. The van der Waals surface area contributed by atoms with Crippen LogP contribution in [0.5, 0.6) is 0 Å². The second kappa shape index (κ2) is 6.74. The molecule has 0 aromatic heterocycles. The predicted molar refractivity (Wildman–Crippen MR) is 84.4 cm³/mol. The Kier molecular flexibility index (Phi) is 5.93. The Labute approximate surface area is 120 Å². The molecule has 1 N–H and O–H groups in total. The standard InChI is InChI=1S/C15H24IN/c1-5-15(4,11-17-12(2)3)10-13-6-8-14(16)9-7-13/h6-9,12,17H,5,10-11H2,1-4H3. The lowest BCUT2D eigenvalue weighted by molar-refractivity contribution is 0.281. The molecule has 0 aliphatic rings. The van der Waals surface area contributed by atoms with Gasteiger partial charge in [0.1, 0.15) is 0 Å². The SMILES string of the molecule is CCC(C)(CNC(C)C)Cc1ccc(I)cc1. The smallest absolute Gasteiger partial charge is 0.0130 e. The third-order valence-corrected chi connectivity index (χ3v) is 4.05. The maximum Gasteiger partial charge on any atom is 0.0130 e. The van der Waals surface area contributed by atoms with Crippen molar-refractivity contribution in [2.45, 2.75) is 46.6 Å². The van der Waals surface area contributed by atoms with Crippen molar-refractivity contribution in [2.24, 2.45) is 5.41 Å². The zero-order chi connectivity index (χ0) is 12.9. The lowest BCUT2D eigenvalue weighted by atomic mass is 9.81. The van der Waals surface area contributed by atoms with E-state index in [1.54, 1.807) is 0 Å². The highest BCUT2D eigenvalue weighted by Gasteiger charge is 2.22. The minimum Gasteiger partial charge on any atom is -0.314 e. The van der Waals surface area contributed by atoms with Crippen LogP contribution in [0.25, 0.3) is 0 Å². The lowest BCUT2D eigenvalue weighted by Gasteiger charge is -2.30. The van der Waals surface area contributed by atoms with Crippen LogP contribution in [-0.4, -0.2) is 12.6 Å². The topological polar surface area (TPSA) is 12.0 Å². The van der Waals surface area contributed by atoms with Crippen LogP contribution in [0, 0.1) is 8.99 Å². The normalized spacial score (nSPS) is 14.9. The van der Waals surface area contributed by atoms with Crippen molar-refractivity contribution in [1.82, 2.24) is 5.32 Å². The molecule has 1 atom stereocenters. The van der Waals surface area contributed by atoms with Crippen LogP contribution in [0.4, 0.5) is 0 Å². The fraction of sp³-hybridized carbons (Fsp3) is 0.600. The molecule has 0 radical (unpaired) electrons. The number of benzene rings is 1. The molecule has 1 rings (SSSR count). The van der Waals surface area contributed by atoms with Gasteiger partial charge in [0.05, 0.1) is 0 Å². The zero-order valence-electron chi connectivity index (χ0n) is 11.4. The second-order valence-electron chi connectivity index (χ2n) is 5.50. The Morgan fingerprint density at radius 1 is 1.24 bits per heavy atom. The number of hydrogen-bond donors (Lipinski definition) is 1. The maximum absolute atomic E-state index is 3.57. The van der Waals surface area contributed by atoms with E-state index in [1.807, 2.05) is 0 Å². The van der Waals surface area contributed by atoms with Crippen LogP contribution >= 0.6 is 22.6 Å². The molecule has 96 valence electrons. The van der Waals surface area contributed by atoms with Gasteiger partial charge in [-0.2, -0.15) is 0 Å². The number of halogens is 1. The third-order valence-electron chi connectivity index (χ3n) is 3.33. The molecule has 17 heavy (non-hydrogen) atoms. The number of rotatable bonds is 6. The van der Waals surface area contributed by atoms with E-state index >= 15 is 0 Å². The Morgan fingerprint density at radius 3 is 2.29 bits per heavy atom. The Hall–Kier alpha value is -0.0900. The Bertz CT molecular complexity index is 331. The molecule has 0 aliphatic heterocycles. The molecule has 0 bridgehead atoms. The van der Waals surface area contributed by atoms with Gasteiger partial charge in [-0.3, -0.25) is 0 Å². The van der Waals surface area contributed by atoms with Crippen molar-refractivity contribution in [1.29, 1.82) is 0 Å². The van der Waals surface area contributed by atoms with Crippen molar-refractivity contribution in [3.63, 3.8) is 0 Å². The second-order valence-corrected chi connectivity index (χ2v) is 6.75. The maximum atomic E-state index is 3.57. The summed E-state index contributed by atoms with van der Waals surface area (Å²) in [4.78, 5) is 0. The van der Waals surface area contributed by atoms with Crippen molar-refractivity contribution in [3.05, 3.63) is 33.4 Å². The fourth-order valence-corrected chi connectivity index (χ4v) is 2.22. The average molecular weight is 345 g/mol. The van der Waals surface area contributed by atoms with Gasteiger partial charge in [-0.1, -0.05) is 39.8 Å². The van der Waals surface area contributed by atoms with E-state index in [4.69, 9.17) is 0 Å². The van der Waals surface area contributed by atoms with Crippen LogP contribution in [0.2, 0.25) is 0 Å². The molecule has 0 fully saturated rings. The van der Waals surface area contributed by atoms with E-state index in [9.17, 15) is 0 Å². The van der Waals surface area contributed by atoms with E-state index in [1.165, 1.54) is 15.6 Å². The van der Waals surface area contributed by atoms with Gasteiger partial charge >= 0.3 is 0 Å². The minimum absolute atomic E-state index is 0.358. The number of nitrogens with one attached hydrogen (secondary N) is 1. The summed E-state index contributed by atoms with van der Waals surface area (Å²) < 4.78 is 1.31. The molecule has 1 nitrogen and oxygen atoms in total. The summed E-state index contributed by atoms with van der Waals surface area (Å²) in [6.45, 7) is 10.2. The van der Waals surface area contributed by atoms with Gasteiger partial charge in [0, 0.05) is 16.2 Å². The third kappa shape index (κ3) is 5.38. The summed E-state index contributed by atoms with van der Waals surface area (Å²) in [5.74, 6) is 0. The molecule has 0 spiro atoms. The first-order valence-electron chi connectivity index (χ1n) is 6.43. The summed E-state index contributed by atoms with van der Waals surface area (Å²) in [6.07, 6.45) is 2.36. The van der Waals surface area contributed by atoms with Gasteiger partial charge in [0.15, 0.2) is 0 Å². The summed E-state index contributed by atoms with van der Waals surface area (Å²) in [5.41, 5.74) is 1.80. The number of hydrogen-bond acceptors (Lipinski definition) is 1. The zero-order valence-corrected chi connectivity index (χ0v) is 13.5. The van der Waals surface area contributed by atoms with Gasteiger partial charge in [0.2, 0.25) is 0 Å². The molecule has 0 amide bonds.